The highest BCUT2D eigenvalue weighted by molar-refractivity contribution is 6.32. The van der Waals surface area contributed by atoms with Crippen LogP contribution in [0.15, 0.2) is 24.3 Å². The van der Waals surface area contributed by atoms with Crippen LogP contribution < -0.4 is 5.32 Å². The van der Waals surface area contributed by atoms with Crippen LogP contribution in [0, 0.1) is 13.8 Å². The van der Waals surface area contributed by atoms with Gasteiger partial charge in [-0.25, -0.2) is 4.79 Å². The first-order valence-electron chi connectivity index (χ1n) is 9.10. The summed E-state index contributed by atoms with van der Waals surface area (Å²) >= 11 is 6.28. The van der Waals surface area contributed by atoms with E-state index in [-0.39, 0.29) is 16.6 Å². The van der Waals surface area contributed by atoms with Crippen molar-refractivity contribution in [2.24, 2.45) is 0 Å². The van der Waals surface area contributed by atoms with E-state index in [4.69, 9.17) is 16.3 Å². The molecule has 0 saturated carbocycles. The molecule has 1 amide bonds. The molecule has 2 aromatic rings. The van der Waals surface area contributed by atoms with Crippen LogP contribution in [0.1, 0.15) is 53.9 Å². The van der Waals surface area contributed by atoms with Gasteiger partial charge in [-0.3, -0.25) is 9.48 Å². The van der Waals surface area contributed by atoms with Gasteiger partial charge in [0, 0.05) is 13.1 Å². The Labute approximate surface area is 164 Å². The lowest BCUT2D eigenvalue weighted by molar-refractivity contribution is -0.129. The average Bonchev–Trinajstić information content (AvgIpc) is 2.92. The molecule has 0 bridgehead atoms. The number of carbonyl (C=O) groups is 2. The van der Waals surface area contributed by atoms with Crippen LogP contribution in [0.25, 0.3) is 0 Å². The molecular weight excluding hydrogens is 366 g/mol. The number of hydrogen-bond acceptors (Lipinski definition) is 4. The predicted octanol–water partition coefficient (Wildman–Crippen LogP) is 3.82. The van der Waals surface area contributed by atoms with Gasteiger partial charge in [0.15, 0.2) is 6.10 Å². The van der Waals surface area contributed by atoms with Crippen LogP contribution in [-0.2, 0) is 22.6 Å². The Balaban J connectivity index is 1.95. The van der Waals surface area contributed by atoms with Crippen molar-refractivity contribution < 1.29 is 14.3 Å². The van der Waals surface area contributed by atoms with Gasteiger partial charge in [-0.05, 0) is 32.8 Å². The summed E-state index contributed by atoms with van der Waals surface area (Å²) in [6.45, 7) is 8.31. The summed E-state index contributed by atoms with van der Waals surface area (Å²) in [7, 11) is 0. The van der Waals surface area contributed by atoms with Gasteiger partial charge in [0.1, 0.15) is 10.7 Å². The Morgan fingerprint density at radius 2 is 1.93 bits per heavy atom. The monoisotopic (exact) mass is 391 g/mol. The Kier molecular flexibility index (Phi) is 7.42. The molecule has 146 valence electrons. The summed E-state index contributed by atoms with van der Waals surface area (Å²) in [6.07, 6.45) is 0.970. The van der Waals surface area contributed by atoms with Crippen molar-refractivity contribution in [3.63, 3.8) is 0 Å². The van der Waals surface area contributed by atoms with E-state index < -0.39 is 12.1 Å². The number of ether oxygens (including phenoxy) is 1. The van der Waals surface area contributed by atoms with Gasteiger partial charge < -0.3 is 10.1 Å². The highest BCUT2D eigenvalue weighted by Gasteiger charge is 2.25. The fourth-order valence-corrected chi connectivity index (χ4v) is 2.89. The van der Waals surface area contributed by atoms with Gasteiger partial charge in [-0.1, -0.05) is 54.8 Å². The van der Waals surface area contributed by atoms with E-state index in [9.17, 15) is 9.59 Å². The van der Waals surface area contributed by atoms with Crippen LogP contribution in [0.4, 0.5) is 0 Å². The largest absolute Gasteiger partial charge is 0.449 e. The van der Waals surface area contributed by atoms with Crippen LogP contribution >= 0.6 is 11.6 Å². The Morgan fingerprint density at radius 1 is 1.26 bits per heavy atom. The second-order valence-corrected chi connectivity index (χ2v) is 6.94. The fourth-order valence-electron chi connectivity index (χ4n) is 2.55. The molecule has 1 atom stereocenters. The molecule has 0 spiro atoms. The number of aryl methyl sites for hydroxylation is 3. The van der Waals surface area contributed by atoms with Gasteiger partial charge in [-0.2, -0.15) is 5.10 Å². The SMILES string of the molecule is CCCCn1nc(C)c(C(=O)O[C@@H](C)C(=O)NCc2ccc(C)cc2)c1Cl. The summed E-state index contributed by atoms with van der Waals surface area (Å²) in [5.74, 6) is -1.01. The predicted molar refractivity (Wildman–Crippen MR) is 105 cm³/mol. The van der Waals surface area contributed by atoms with Gasteiger partial charge in [0.25, 0.3) is 5.91 Å². The number of halogens is 1. The maximum atomic E-state index is 12.5. The molecule has 0 unspecified atom stereocenters. The standard InChI is InChI=1S/C20H26ClN3O3/c1-5-6-11-24-18(21)17(14(3)23-24)20(26)27-15(4)19(25)22-12-16-9-7-13(2)8-10-16/h7-10,15H,5-6,11-12H2,1-4H3,(H,22,25)/t15-/m0/s1. The van der Waals surface area contributed by atoms with Crippen LogP contribution in [0.3, 0.4) is 0 Å². The van der Waals surface area contributed by atoms with E-state index >= 15 is 0 Å². The first-order valence-corrected chi connectivity index (χ1v) is 9.48. The van der Waals surface area contributed by atoms with E-state index in [1.165, 1.54) is 6.92 Å². The Morgan fingerprint density at radius 3 is 2.56 bits per heavy atom. The van der Waals surface area contributed by atoms with Crippen LogP contribution in [0.5, 0.6) is 0 Å². The maximum absolute atomic E-state index is 12.5. The summed E-state index contributed by atoms with van der Waals surface area (Å²) in [4.78, 5) is 24.7. The van der Waals surface area contributed by atoms with Gasteiger partial charge >= 0.3 is 5.97 Å². The maximum Gasteiger partial charge on any atom is 0.343 e. The van der Waals surface area contributed by atoms with Gasteiger partial charge in [0.2, 0.25) is 0 Å². The third-order valence-electron chi connectivity index (χ3n) is 4.23. The minimum absolute atomic E-state index is 0.214. The minimum Gasteiger partial charge on any atom is -0.449 e. The van der Waals surface area contributed by atoms with E-state index in [1.807, 2.05) is 31.2 Å². The number of nitrogens with one attached hydrogen (secondary N) is 1. The van der Waals surface area contributed by atoms with Crippen LogP contribution in [-0.4, -0.2) is 27.8 Å². The lowest BCUT2D eigenvalue weighted by Gasteiger charge is -2.13. The molecular formula is C20H26ClN3O3. The Bertz CT molecular complexity index is 800. The fraction of sp³-hybridized carbons (Fsp3) is 0.450. The van der Waals surface area contributed by atoms with E-state index in [2.05, 4.69) is 17.3 Å². The first-order chi connectivity index (χ1) is 12.8. The molecule has 1 aromatic carbocycles. The average molecular weight is 392 g/mol. The summed E-state index contributed by atoms with van der Waals surface area (Å²) in [5, 5.41) is 7.30. The zero-order chi connectivity index (χ0) is 20.0. The van der Waals surface area contributed by atoms with Crippen molar-refractivity contribution in [3.8, 4) is 0 Å². The van der Waals surface area contributed by atoms with E-state index in [0.29, 0.717) is 18.8 Å². The van der Waals surface area contributed by atoms with Crippen molar-refractivity contribution in [2.75, 3.05) is 0 Å². The van der Waals surface area contributed by atoms with Crippen molar-refractivity contribution in [3.05, 3.63) is 51.8 Å². The first kappa shape index (κ1) is 21.0. The van der Waals surface area contributed by atoms with Crippen molar-refractivity contribution in [1.82, 2.24) is 15.1 Å². The highest BCUT2D eigenvalue weighted by Crippen LogP contribution is 2.22. The van der Waals surface area contributed by atoms with Crippen molar-refractivity contribution in [2.45, 2.75) is 59.7 Å². The molecule has 2 rings (SSSR count). The molecule has 0 aliphatic rings. The van der Waals surface area contributed by atoms with Gasteiger partial charge in [0.05, 0.1) is 5.69 Å². The highest BCUT2D eigenvalue weighted by atomic mass is 35.5. The summed E-state index contributed by atoms with van der Waals surface area (Å²) in [5.41, 5.74) is 2.84. The number of unbranched alkanes of at least 4 members (excludes halogenated alkanes) is 1. The molecule has 27 heavy (non-hydrogen) atoms. The lowest BCUT2D eigenvalue weighted by Crippen LogP contribution is -2.35. The van der Waals surface area contributed by atoms with Crippen molar-refractivity contribution in [1.29, 1.82) is 0 Å². The lowest BCUT2D eigenvalue weighted by atomic mass is 10.1. The van der Waals surface area contributed by atoms with E-state index in [0.717, 1.165) is 24.0 Å². The van der Waals surface area contributed by atoms with Gasteiger partial charge in [-0.15, -0.1) is 0 Å². The number of esters is 1. The Hall–Kier alpha value is -2.34. The zero-order valence-corrected chi connectivity index (χ0v) is 17.0. The molecule has 1 N–H and O–H groups in total. The third-order valence-corrected chi connectivity index (χ3v) is 4.62. The molecule has 0 radical (unpaired) electrons. The number of nitrogens with zero attached hydrogens (tertiary/aromatic N) is 2. The molecule has 7 heteroatoms. The smallest absolute Gasteiger partial charge is 0.343 e. The molecule has 6 nitrogen and oxygen atoms in total. The topological polar surface area (TPSA) is 73.2 Å². The number of amides is 1. The third kappa shape index (κ3) is 5.57. The summed E-state index contributed by atoms with van der Waals surface area (Å²) < 4.78 is 6.89. The van der Waals surface area contributed by atoms with E-state index in [1.54, 1.807) is 11.6 Å². The molecule has 0 aliphatic heterocycles. The normalized spacial score (nSPS) is 11.9. The quantitative estimate of drug-likeness (QED) is 0.694. The molecule has 1 aromatic heterocycles. The zero-order valence-electron chi connectivity index (χ0n) is 16.2. The molecule has 0 aliphatic carbocycles. The second-order valence-electron chi connectivity index (χ2n) is 6.58. The van der Waals surface area contributed by atoms with Crippen LogP contribution in [0.2, 0.25) is 5.15 Å². The number of benzene rings is 1. The molecule has 0 fully saturated rings. The molecule has 1 heterocycles. The minimum atomic E-state index is -0.933. The summed E-state index contributed by atoms with van der Waals surface area (Å²) in [6, 6.07) is 7.85. The number of hydrogen-bond donors (Lipinski definition) is 1. The number of carbonyl (C=O) groups excluding carboxylic acids is 2. The molecule has 0 saturated heterocycles. The second kappa shape index (κ2) is 9.55. The van der Waals surface area contributed by atoms with Crippen molar-refractivity contribution >= 4 is 23.5 Å². The number of aromatic nitrogens is 2. The number of rotatable bonds is 8.